The van der Waals surface area contributed by atoms with Crippen LogP contribution in [0.25, 0.3) is 0 Å². The molecule has 0 bridgehead atoms. The van der Waals surface area contributed by atoms with Crippen molar-refractivity contribution < 1.29 is 44.6 Å². The number of hydrogen-bond donors (Lipinski definition) is 5. The molecule has 0 saturated heterocycles. The monoisotopic (exact) mass is 572 g/mol. The lowest BCUT2D eigenvalue weighted by molar-refractivity contribution is -0.155. The Balaban J connectivity index is 2.03. The number of cyclic esters (lactones) is 1. The van der Waals surface area contributed by atoms with Gasteiger partial charge in [0.05, 0.1) is 6.61 Å². The smallest absolute Gasteiger partial charge is 0.378 e. The maximum Gasteiger partial charge on any atom is 0.378 e. The fraction of sp³-hybridized carbons (Fsp3) is 0.871. The molecule has 9 heteroatoms. The minimum Gasteiger partial charge on any atom is -0.505 e. The number of aliphatic hydroxyl groups is 5. The van der Waals surface area contributed by atoms with Crippen LogP contribution in [-0.4, -0.2) is 74.9 Å². The molecular formula is C31H56O9. The molecule has 0 aromatic carbocycles. The van der Waals surface area contributed by atoms with Gasteiger partial charge in [0, 0.05) is 6.42 Å². The van der Waals surface area contributed by atoms with Crippen LogP contribution in [-0.2, 0) is 19.1 Å². The molecule has 2 unspecified atom stereocenters. The van der Waals surface area contributed by atoms with Crippen LogP contribution >= 0.6 is 0 Å². The molecule has 1 rings (SSSR count). The Bertz CT molecular complexity index is 709. The predicted octanol–water partition coefficient (Wildman–Crippen LogP) is 5.16. The zero-order chi connectivity index (χ0) is 29.6. The molecule has 0 saturated carbocycles. The van der Waals surface area contributed by atoms with E-state index in [0.717, 1.165) is 19.3 Å². The van der Waals surface area contributed by atoms with E-state index in [1.54, 1.807) is 0 Å². The first kappa shape index (κ1) is 36.3. The summed E-state index contributed by atoms with van der Waals surface area (Å²) in [4.78, 5) is 24.2. The number of hydrogen-bond acceptors (Lipinski definition) is 9. The number of carbonyl (C=O) groups excluding carboxylic acids is 2. The van der Waals surface area contributed by atoms with Crippen molar-refractivity contribution in [3.8, 4) is 0 Å². The highest BCUT2D eigenvalue weighted by molar-refractivity contribution is 5.90. The van der Waals surface area contributed by atoms with Crippen molar-refractivity contribution in [2.75, 3.05) is 13.2 Å². The molecule has 0 aliphatic carbocycles. The SMILES string of the molecule is CCCCCCCCCCCCCCCCCCCCCC(=O)C(O)[C@H](O)[C@H]1OC(=O)C(OCC(O)CO)=C1O. The van der Waals surface area contributed by atoms with Crippen LogP contribution < -0.4 is 0 Å². The number of ketones is 1. The van der Waals surface area contributed by atoms with Gasteiger partial charge in [-0.15, -0.1) is 0 Å². The van der Waals surface area contributed by atoms with Crippen LogP contribution in [0.5, 0.6) is 0 Å². The van der Waals surface area contributed by atoms with Gasteiger partial charge in [-0.3, -0.25) is 4.79 Å². The Morgan fingerprint density at radius 3 is 1.62 bits per heavy atom. The van der Waals surface area contributed by atoms with Gasteiger partial charge >= 0.3 is 5.97 Å². The predicted molar refractivity (Wildman–Crippen MR) is 154 cm³/mol. The lowest BCUT2D eigenvalue weighted by atomic mass is 9.98. The van der Waals surface area contributed by atoms with Crippen molar-refractivity contribution in [2.45, 2.75) is 160 Å². The zero-order valence-corrected chi connectivity index (χ0v) is 24.7. The van der Waals surface area contributed by atoms with Crippen LogP contribution in [0.2, 0.25) is 0 Å². The standard InChI is InChI=1S/C31H56O9/c1-2-3-4-5-6-7-8-9-10-11-12-13-14-15-16-17-18-19-20-21-25(34)26(35)27(36)29-28(37)30(31(38)40-29)39-23-24(33)22-32/h24,26-27,29,32-33,35-37H,2-23H2,1H3/t24?,26?,27-,29+/m0/s1. The summed E-state index contributed by atoms with van der Waals surface area (Å²) in [5.74, 6) is -3.08. The van der Waals surface area contributed by atoms with Gasteiger partial charge in [0.15, 0.2) is 17.6 Å². The topological polar surface area (TPSA) is 154 Å². The largest absolute Gasteiger partial charge is 0.505 e. The number of unbranched alkanes of at least 4 members (excludes halogenated alkanes) is 18. The van der Waals surface area contributed by atoms with Gasteiger partial charge in [0.25, 0.3) is 0 Å². The van der Waals surface area contributed by atoms with E-state index in [1.807, 2.05) is 0 Å². The van der Waals surface area contributed by atoms with Crippen molar-refractivity contribution in [1.29, 1.82) is 0 Å². The Hall–Kier alpha value is -1.68. The second kappa shape index (κ2) is 22.9. The average Bonchev–Trinajstić information content (AvgIpc) is 3.24. The van der Waals surface area contributed by atoms with E-state index in [2.05, 4.69) is 6.92 Å². The number of carbonyl (C=O) groups is 2. The van der Waals surface area contributed by atoms with E-state index in [0.29, 0.717) is 6.42 Å². The Morgan fingerprint density at radius 2 is 1.20 bits per heavy atom. The lowest BCUT2D eigenvalue weighted by Gasteiger charge is -2.21. The summed E-state index contributed by atoms with van der Waals surface area (Å²) in [6.07, 6.45) is 17.2. The number of esters is 1. The minimum atomic E-state index is -1.85. The molecule has 0 radical (unpaired) electrons. The van der Waals surface area contributed by atoms with Gasteiger partial charge in [0.1, 0.15) is 24.9 Å². The number of ether oxygens (including phenoxy) is 2. The number of rotatable bonds is 27. The van der Waals surface area contributed by atoms with E-state index in [-0.39, 0.29) is 6.42 Å². The third-order valence-corrected chi connectivity index (χ3v) is 7.54. The molecule has 0 fully saturated rings. The summed E-state index contributed by atoms with van der Waals surface area (Å²) < 4.78 is 9.78. The highest BCUT2D eigenvalue weighted by Crippen LogP contribution is 2.26. The van der Waals surface area contributed by atoms with Crippen molar-refractivity contribution in [3.05, 3.63) is 11.5 Å². The van der Waals surface area contributed by atoms with E-state index < -0.39 is 60.9 Å². The van der Waals surface area contributed by atoms with Crippen LogP contribution in [0.15, 0.2) is 11.5 Å². The average molecular weight is 573 g/mol. The third-order valence-electron chi connectivity index (χ3n) is 7.54. The molecule has 234 valence electrons. The fourth-order valence-electron chi connectivity index (χ4n) is 4.94. The third kappa shape index (κ3) is 15.4. The van der Waals surface area contributed by atoms with Crippen LogP contribution in [0.3, 0.4) is 0 Å². The molecule has 1 aliphatic rings. The highest BCUT2D eigenvalue weighted by Gasteiger charge is 2.44. The zero-order valence-electron chi connectivity index (χ0n) is 24.7. The summed E-state index contributed by atoms with van der Waals surface area (Å²) in [5.41, 5.74) is 0. The van der Waals surface area contributed by atoms with Crippen molar-refractivity contribution in [3.63, 3.8) is 0 Å². The summed E-state index contributed by atoms with van der Waals surface area (Å²) in [7, 11) is 0. The van der Waals surface area contributed by atoms with Crippen LogP contribution in [0.1, 0.15) is 135 Å². The summed E-state index contributed by atoms with van der Waals surface area (Å²) in [5, 5.41) is 48.7. The van der Waals surface area contributed by atoms with Crippen molar-refractivity contribution in [2.24, 2.45) is 0 Å². The van der Waals surface area contributed by atoms with Gasteiger partial charge in [0.2, 0.25) is 5.76 Å². The Labute approximate surface area is 241 Å². The van der Waals surface area contributed by atoms with E-state index in [4.69, 9.17) is 14.6 Å². The molecule has 0 spiro atoms. The maximum atomic E-state index is 12.3. The summed E-state index contributed by atoms with van der Waals surface area (Å²) in [6.45, 7) is 1.17. The molecule has 0 aromatic rings. The highest BCUT2D eigenvalue weighted by atomic mass is 16.6. The van der Waals surface area contributed by atoms with Crippen molar-refractivity contribution >= 4 is 11.8 Å². The summed E-state index contributed by atoms with van der Waals surface area (Å²) in [6, 6.07) is 0. The van der Waals surface area contributed by atoms with Crippen LogP contribution in [0, 0.1) is 0 Å². The normalized spacial score (nSPS) is 17.6. The fourth-order valence-corrected chi connectivity index (χ4v) is 4.94. The molecule has 0 aromatic heterocycles. The van der Waals surface area contributed by atoms with Gasteiger partial charge in [-0.25, -0.2) is 4.79 Å². The maximum absolute atomic E-state index is 12.3. The van der Waals surface area contributed by atoms with Gasteiger partial charge in [-0.1, -0.05) is 122 Å². The van der Waals surface area contributed by atoms with Gasteiger partial charge < -0.3 is 35.0 Å². The Morgan fingerprint density at radius 1 is 0.775 bits per heavy atom. The molecule has 9 nitrogen and oxygen atoms in total. The molecule has 4 atom stereocenters. The summed E-state index contributed by atoms with van der Waals surface area (Å²) >= 11 is 0. The quantitative estimate of drug-likeness (QED) is 0.0663. The Kier molecular flexibility index (Phi) is 20.8. The van der Waals surface area contributed by atoms with E-state index in [1.165, 1.54) is 96.3 Å². The molecule has 1 heterocycles. The first-order chi connectivity index (χ1) is 19.3. The van der Waals surface area contributed by atoms with Crippen molar-refractivity contribution in [1.82, 2.24) is 0 Å². The van der Waals surface area contributed by atoms with E-state index in [9.17, 15) is 30.0 Å². The molecule has 1 aliphatic heterocycles. The molecular weight excluding hydrogens is 516 g/mol. The second-order valence-electron chi connectivity index (χ2n) is 11.2. The number of Topliss-reactive ketones (excluding diaryl/α,β-unsaturated/α-hetero) is 1. The van der Waals surface area contributed by atoms with Gasteiger partial charge in [-0.2, -0.15) is 0 Å². The van der Waals surface area contributed by atoms with Gasteiger partial charge in [-0.05, 0) is 6.42 Å². The number of aliphatic hydroxyl groups excluding tert-OH is 5. The lowest BCUT2D eigenvalue weighted by Crippen LogP contribution is -2.43. The second-order valence-corrected chi connectivity index (χ2v) is 11.2. The minimum absolute atomic E-state index is 0.0777. The molecule has 40 heavy (non-hydrogen) atoms. The van der Waals surface area contributed by atoms with E-state index >= 15 is 0 Å². The van der Waals surface area contributed by atoms with Crippen LogP contribution in [0.4, 0.5) is 0 Å². The molecule has 0 amide bonds. The first-order valence-electron chi connectivity index (χ1n) is 15.8. The first-order valence-corrected chi connectivity index (χ1v) is 15.8. The molecule has 5 N–H and O–H groups in total.